The third kappa shape index (κ3) is 3.49. The van der Waals surface area contributed by atoms with Gasteiger partial charge in [0.1, 0.15) is 11.3 Å². The van der Waals surface area contributed by atoms with E-state index in [2.05, 4.69) is 26.6 Å². The monoisotopic (exact) mass is 390 g/mol. The zero-order chi connectivity index (χ0) is 19.7. The number of anilines is 2. The van der Waals surface area contributed by atoms with Crippen LogP contribution in [0, 0.1) is 13.8 Å². The van der Waals surface area contributed by atoms with Crippen LogP contribution in [-0.2, 0) is 0 Å². The highest BCUT2D eigenvalue weighted by atomic mass is 35.5. The number of hydrogen-bond donors (Lipinski definition) is 1. The van der Waals surface area contributed by atoms with Crippen LogP contribution in [0.4, 0.5) is 11.6 Å². The Hall–Kier alpha value is -3.18. The van der Waals surface area contributed by atoms with Gasteiger partial charge in [-0.3, -0.25) is 0 Å². The van der Waals surface area contributed by atoms with Gasteiger partial charge >= 0.3 is 0 Å². The van der Waals surface area contributed by atoms with Crippen LogP contribution in [-0.4, -0.2) is 22.3 Å². The quantitative estimate of drug-likeness (QED) is 0.483. The summed E-state index contributed by atoms with van der Waals surface area (Å²) in [6, 6.07) is 17.5. The highest BCUT2D eigenvalue weighted by Gasteiger charge is 2.12. The van der Waals surface area contributed by atoms with Crippen LogP contribution in [0.2, 0.25) is 5.02 Å². The third-order valence-corrected chi connectivity index (χ3v) is 4.90. The lowest BCUT2D eigenvalue weighted by Crippen LogP contribution is -2.01. The summed E-state index contributed by atoms with van der Waals surface area (Å²) in [6.07, 6.45) is 0. The summed E-state index contributed by atoms with van der Waals surface area (Å²) in [5, 5.41) is 12.5. The van der Waals surface area contributed by atoms with Crippen molar-refractivity contribution < 1.29 is 4.74 Å². The molecule has 0 aliphatic carbocycles. The van der Waals surface area contributed by atoms with Crippen molar-refractivity contribution in [3.05, 3.63) is 70.7 Å². The van der Waals surface area contributed by atoms with Crippen LogP contribution in [0.15, 0.2) is 54.6 Å². The van der Waals surface area contributed by atoms with E-state index in [9.17, 15) is 0 Å². The number of nitrogens with zero attached hydrogens (tertiary/aromatic N) is 3. The fourth-order valence-electron chi connectivity index (χ4n) is 3.24. The Labute approximate surface area is 168 Å². The predicted octanol–water partition coefficient (Wildman–Crippen LogP) is 5.71. The molecule has 4 rings (SSSR count). The highest BCUT2D eigenvalue weighted by Crippen LogP contribution is 2.33. The van der Waals surface area contributed by atoms with Crippen molar-refractivity contribution >= 4 is 34.3 Å². The molecule has 1 aromatic heterocycles. The molecule has 0 unspecified atom stereocenters. The fourth-order valence-corrected chi connectivity index (χ4v) is 3.57. The maximum absolute atomic E-state index is 6.44. The van der Waals surface area contributed by atoms with Gasteiger partial charge in [-0.05, 0) is 60.9 Å². The zero-order valence-electron chi connectivity index (χ0n) is 15.8. The van der Waals surface area contributed by atoms with E-state index in [0.717, 1.165) is 49.7 Å². The van der Waals surface area contributed by atoms with Crippen LogP contribution in [0.25, 0.3) is 22.2 Å². The fraction of sp³-hybridized carbons (Fsp3) is 0.136. The van der Waals surface area contributed by atoms with Crippen molar-refractivity contribution in [2.24, 2.45) is 0 Å². The molecule has 0 fully saturated rings. The number of methoxy groups -OCH3 is 1. The lowest BCUT2D eigenvalue weighted by atomic mass is 9.98. The summed E-state index contributed by atoms with van der Waals surface area (Å²) >= 11 is 6.44. The average Bonchev–Trinajstić information content (AvgIpc) is 2.68. The molecule has 0 radical (unpaired) electrons. The molecule has 140 valence electrons. The smallest absolute Gasteiger partial charge is 0.247 e. The Morgan fingerprint density at radius 1 is 0.929 bits per heavy atom. The van der Waals surface area contributed by atoms with Crippen molar-refractivity contribution in [1.29, 1.82) is 0 Å². The SMILES string of the molecule is COc1cccc(Nc2nnc3cc(-c4c(C)cccc4Cl)cc(C)c3n2)c1. The molecule has 1 heterocycles. The molecule has 0 bridgehead atoms. The molecular formula is C22H19ClN4O. The minimum absolute atomic E-state index is 0.436. The minimum Gasteiger partial charge on any atom is -0.497 e. The van der Waals surface area contributed by atoms with E-state index >= 15 is 0 Å². The number of benzene rings is 3. The standard InChI is InChI=1S/C22H19ClN4O/c1-13-6-4-9-18(23)20(13)15-10-14(2)21-19(11-15)26-27-22(25-21)24-16-7-5-8-17(12-16)28-3/h4-12H,1-3H3,(H,24,25,27). The summed E-state index contributed by atoms with van der Waals surface area (Å²) in [5.74, 6) is 1.19. The minimum atomic E-state index is 0.436. The van der Waals surface area contributed by atoms with Gasteiger partial charge in [0.05, 0.1) is 12.6 Å². The molecule has 6 heteroatoms. The zero-order valence-corrected chi connectivity index (χ0v) is 16.6. The van der Waals surface area contributed by atoms with Gasteiger partial charge in [0.2, 0.25) is 5.95 Å². The summed E-state index contributed by atoms with van der Waals surface area (Å²) in [5.41, 5.74) is 6.51. The number of ether oxygens (including phenoxy) is 1. The van der Waals surface area contributed by atoms with Gasteiger partial charge in [0.15, 0.2) is 0 Å². The van der Waals surface area contributed by atoms with Crippen LogP contribution >= 0.6 is 11.6 Å². The predicted molar refractivity (Wildman–Crippen MR) is 114 cm³/mol. The number of fused-ring (bicyclic) bond motifs is 1. The van der Waals surface area contributed by atoms with Gasteiger partial charge in [0.25, 0.3) is 0 Å². The van der Waals surface area contributed by atoms with Gasteiger partial charge < -0.3 is 10.1 Å². The number of aromatic nitrogens is 3. The topological polar surface area (TPSA) is 59.9 Å². The number of halogens is 1. The van der Waals surface area contributed by atoms with Crippen LogP contribution in [0.5, 0.6) is 5.75 Å². The van der Waals surface area contributed by atoms with E-state index in [-0.39, 0.29) is 0 Å². The second kappa shape index (κ2) is 7.44. The Kier molecular flexibility index (Phi) is 4.84. The summed E-state index contributed by atoms with van der Waals surface area (Å²) in [4.78, 5) is 4.65. The van der Waals surface area contributed by atoms with Crippen LogP contribution in [0.3, 0.4) is 0 Å². The van der Waals surface area contributed by atoms with E-state index in [1.54, 1.807) is 7.11 Å². The molecule has 0 aliphatic rings. The molecule has 0 saturated heterocycles. The first kappa shape index (κ1) is 18.2. The Bertz CT molecular complexity index is 1160. The normalized spacial score (nSPS) is 10.9. The van der Waals surface area contributed by atoms with Crippen molar-refractivity contribution in [2.45, 2.75) is 13.8 Å². The first-order valence-corrected chi connectivity index (χ1v) is 9.24. The molecule has 3 aromatic carbocycles. The molecule has 1 N–H and O–H groups in total. The second-order valence-electron chi connectivity index (χ2n) is 6.58. The van der Waals surface area contributed by atoms with Crippen LogP contribution in [0.1, 0.15) is 11.1 Å². The van der Waals surface area contributed by atoms with Gasteiger partial charge in [0, 0.05) is 22.3 Å². The number of hydrogen-bond acceptors (Lipinski definition) is 5. The highest BCUT2D eigenvalue weighted by molar-refractivity contribution is 6.33. The van der Waals surface area contributed by atoms with Crippen LogP contribution < -0.4 is 10.1 Å². The van der Waals surface area contributed by atoms with Gasteiger partial charge in [-0.1, -0.05) is 29.8 Å². The molecule has 28 heavy (non-hydrogen) atoms. The van der Waals surface area contributed by atoms with Crippen molar-refractivity contribution in [2.75, 3.05) is 12.4 Å². The summed E-state index contributed by atoms with van der Waals surface area (Å²) in [7, 11) is 1.63. The average molecular weight is 391 g/mol. The Morgan fingerprint density at radius 3 is 2.54 bits per heavy atom. The molecule has 4 aromatic rings. The molecule has 0 aliphatic heterocycles. The first-order chi connectivity index (χ1) is 13.5. The lowest BCUT2D eigenvalue weighted by Gasteiger charge is -2.12. The molecule has 0 saturated carbocycles. The third-order valence-electron chi connectivity index (χ3n) is 4.59. The maximum atomic E-state index is 6.44. The van der Waals surface area contributed by atoms with E-state index in [0.29, 0.717) is 5.95 Å². The number of rotatable bonds is 4. The maximum Gasteiger partial charge on any atom is 0.247 e. The summed E-state index contributed by atoms with van der Waals surface area (Å²) < 4.78 is 5.25. The largest absolute Gasteiger partial charge is 0.497 e. The van der Waals surface area contributed by atoms with Gasteiger partial charge in [-0.25, -0.2) is 4.98 Å². The summed E-state index contributed by atoms with van der Waals surface area (Å²) in [6.45, 7) is 4.06. The van der Waals surface area contributed by atoms with E-state index in [1.165, 1.54) is 0 Å². The van der Waals surface area contributed by atoms with E-state index in [4.69, 9.17) is 16.3 Å². The first-order valence-electron chi connectivity index (χ1n) is 8.87. The van der Waals surface area contributed by atoms with Crippen molar-refractivity contribution in [1.82, 2.24) is 15.2 Å². The molecule has 5 nitrogen and oxygen atoms in total. The van der Waals surface area contributed by atoms with E-state index in [1.807, 2.05) is 62.4 Å². The van der Waals surface area contributed by atoms with Crippen molar-refractivity contribution in [3.8, 4) is 16.9 Å². The lowest BCUT2D eigenvalue weighted by molar-refractivity contribution is 0.415. The molecule has 0 spiro atoms. The Morgan fingerprint density at radius 2 is 1.75 bits per heavy atom. The Balaban J connectivity index is 1.74. The molecule has 0 amide bonds. The van der Waals surface area contributed by atoms with E-state index < -0.39 is 0 Å². The van der Waals surface area contributed by atoms with Gasteiger partial charge in [-0.2, -0.15) is 0 Å². The number of aryl methyl sites for hydroxylation is 2. The van der Waals surface area contributed by atoms with Gasteiger partial charge in [-0.15, -0.1) is 10.2 Å². The number of nitrogens with one attached hydrogen (secondary N) is 1. The second-order valence-corrected chi connectivity index (χ2v) is 6.99. The van der Waals surface area contributed by atoms with Crippen molar-refractivity contribution in [3.63, 3.8) is 0 Å². The molecule has 0 atom stereocenters. The molecular weight excluding hydrogens is 372 g/mol.